The Hall–Kier alpha value is -2.63. The average molecular weight is 454 g/mol. The molecule has 1 aliphatic rings. The lowest BCUT2D eigenvalue weighted by Gasteiger charge is -2.20. The summed E-state index contributed by atoms with van der Waals surface area (Å²) in [7, 11) is -4.20. The smallest absolute Gasteiger partial charge is 0.325 e. The van der Waals surface area contributed by atoms with Crippen LogP contribution in [-0.4, -0.2) is 30.2 Å². The number of nitrogens with zero attached hydrogens (tertiary/aromatic N) is 1. The number of halogens is 2. The Morgan fingerprint density at radius 1 is 1.27 bits per heavy atom. The fourth-order valence-electron chi connectivity index (χ4n) is 3.53. The maximum absolute atomic E-state index is 12.9. The largest absolute Gasteiger partial charge is 0.480 e. The van der Waals surface area contributed by atoms with Crippen molar-refractivity contribution < 1.29 is 31.6 Å². The molecule has 2 heterocycles. The second-order valence-electron chi connectivity index (χ2n) is 7.22. The highest BCUT2D eigenvalue weighted by molar-refractivity contribution is 7.91. The zero-order chi connectivity index (χ0) is 21.7. The van der Waals surface area contributed by atoms with E-state index in [1.54, 1.807) is 37.3 Å². The van der Waals surface area contributed by atoms with E-state index in [1.807, 2.05) is 0 Å². The van der Waals surface area contributed by atoms with E-state index >= 15 is 0 Å². The Morgan fingerprint density at radius 3 is 2.57 bits per heavy atom. The molecule has 0 bridgehead atoms. The Bertz CT molecular complexity index is 1210. The topological polar surface area (TPSA) is 110 Å². The highest BCUT2D eigenvalue weighted by Crippen LogP contribution is 2.58. The molecule has 0 aliphatic heterocycles. The Morgan fingerprint density at radius 2 is 1.97 bits per heavy atom. The van der Waals surface area contributed by atoms with Crippen LogP contribution in [0.15, 0.2) is 57.3 Å². The summed E-state index contributed by atoms with van der Waals surface area (Å²) < 4.78 is 58.0. The van der Waals surface area contributed by atoms with Crippen LogP contribution in [0.4, 0.5) is 8.78 Å². The molecular formula is C19H16F2N2O5S2. The van der Waals surface area contributed by atoms with Gasteiger partial charge in [0.05, 0.1) is 4.88 Å². The average Bonchev–Trinajstić information content (AvgIpc) is 3.11. The zero-order valence-corrected chi connectivity index (χ0v) is 17.1. The Labute approximate surface area is 174 Å². The normalized spacial score (nSPS) is 23.6. The molecule has 30 heavy (non-hydrogen) atoms. The molecule has 0 saturated heterocycles. The minimum Gasteiger partial charge on any atom is -0.480 e. The second-order valence-corrected chi connectivity index (χ2v) is 10.2. The van der Waals surface area contributed by atoms with Crippen LogP contribution < -0.4 is 4.72 Å². The maximum atomic E-state index is 12.9. The molecule has 0 unspecified atom stereocenters. The predicted molar refractivity (Wildman–Crippen MR) is 104 cm³/mol. The number of carboxylic acid groups (broad SMARTS) is 1. The third kappa shape index (κ3) is 3.22. The van der Waals surface area contributed by atoms with Crippen LogP contribution in [0.1, 0.15) is 31.1 Å². The molecule has 158 valence electrons. The number of nitrogens with one attached hydrogen (secondary N) is 1. The lowest BCUT2D eigenvalue weighted by Crippen LogP contribution is -2.47. The molecule has 2 N–H and O–H groups in total. The molecule has 1 saturated carbocycles. The number of thiophene rings is 1. The molecule has 1 aliphatic carbocycles. The van der Waals surface area contributed by atoms with Crippen molar-refractivity contribution in [2.24, 2.45) is 0 Å². The third-order valence-electron chi connectivity index (χ3n) is 5.36. The van der Waals surface area contributed by atoms with Crippen LogP contribution in [0.3, 0.4) is 0 Å². The van der Waals surface area contributed by atoms with Crippen LogP contribution in [0, 0.1) is 0 Å². The van der Waals surface area contributed by atoms with Gasteiger partial charge >= 0.3 is 5.97 Å². The van der Waals surface area contributed by atoms with Crippen molar-refractivity contribution in [2.45, 2.75) is 34.9 Å². The van der Waals surface area contributed by atoms with Gasteiger partial charge in [-0.1, -0.05) is 42.4 Å². The van der Waals surface area contributed by atoms with Crippen molar-refractivity contribution in [1.82, 2.24) is 9.88 Å². The highest BCUT2D eigenvalue weighted by atomic mass is 32.2. The van der Waals surface area contributed by atoms with E-state index in [0.29, 0.717) is 10.4 Å². The standard InChI is InChI=1S/C19H16F2N2O5S2/c1-18(11-5-3-2-4-6-11)10-19(18,17(24)25)23-30(26,27)15-8-7-14(29-15)12-9-13(16(20)21)28-22-12/h2-9,16,23H,10H2,1H3,(H,24,25)/t18-,19-/m1/s1. The fourth-order valence-corrected chi connectivity index (χ4v) is 6.25. The Kier molecular flexibility index (Phi) is 4.79. The van der Waals surface area contributed by atoms with Gasteiger partial charge in [0.25, 0.3) is 16.4 Å². The quantitative estimate of drug-likeness (QED) is 0.562. The van der Waals surface area contributed by atoms with Gasteiger partial charge in [-0.05, 0) is 24.1 Å². The van der Waals surface area contributed by atoms with Crippen molar-refractivity contribution in [1.29, 1.82) is 0 Å². The van der Waals surface area contributed by atoms with Crippen LogP contribution in [0.5, 0.6) is 0 Å². The summed E-state index contributed by atoms with van der Waals surface area (Å²) in [6.45, 7) is 1.69. The summed E-state index contributed by atoms with van der Waals surface area (Å²) in [5.74, 6) is -1.89. The van der Waals surface area contributed by atoms with Crippen LogP contribution >= 0.6 is 11.3 Å². The first-order chi connectivity index (χ1) is 14.1. The molecule has 2 atom stereocenters. The summed E-state index contributed by atoms with van der Waals surface area (Å²) in [6, 6.07) is 12.5. The van der Waals surface area contributed by atoms with Gasteiger partial charge in [-0.15, -0.1) is 11.3 Å². The van der Waals surface area contributed by atoms with Crippen molar-refractivity contribution in [3.05, 3.63) is 59.9 Å². The van der Waals surface area contributed by atoms with Crippen molar-refractivity contribution >= 4 is 27.3 Å². The first kappa shape index (κ1) is 20.6. The van der Waals surface area contributed by atoms with Gasteiger partial charge in [-0.3, -0.25) is 4.79 Å². The number of hydrogen-bond acceptors (Lipinski definition) is 6. The van der Waals surface area contributed by atoms with E-state index in [1.165, 1.54) is 12.1 Å². The molecule has 7 nitrogen and oxygen atoms in total. The molecule has 0 radical (unpaired) electrons. The summed E-state index contributed by atoms with van der Waals surface area (Å²) in [4.78, 5) is 12.4. The number of carbonyl (C=O) groups is 1. The van der Waals surface area contributed by atoms with E-state index in [-0.39, 0.29) is 16.3 Å². The molecule has 3 aromatic rings. The molecular weight excluding hydrogens is 438 g/mol. The number of sulfonamides is 1. The number of aromatic nitrogens is 1. The second kappa shape index (κ2) is 6.96. The Balaban J connectivity index is 1.63. The van der Waals surface area contributed by atoms with E-state index in [0.717, 1.165) is 17.4 Å². The highest BCUT2D eigenvalue weighted by Gasteiger charge is 2.72. The molecule has 4 rings (SSSR count). The zero-order valence-electron chi connectivity index (χ0n) is 15.5. The first-order valence-corrected chi connectivity index (χ1v) is 11.1. The summed E-state index contributed by atoms with van der Waals surface area (Å²) in [5.41, 5.74) is -1.81. The molecule has 2 aromatic heterocycles. The molecule has 0 spiro atoms. The molecule has 11 heteroatoms. The summed E-state index contributed by atoms with van der Waals surface area (Å²) >= 11 is 0.783. The molecule has 1 fully saturated rings. The number of benzene rings is 1. The number of alkyl halides is 2. The van der Waals surface area contributed by atoms with Gasteiger partial charge in [-0.25, -0.2) is 17.2 Å². The van der Waals surface area contributed by atoms with Gasteiger partial charge in [0.2, 0.25) is 5.76 Å². The monoisotopic (exact) mass is 454 g/mol. The van der Waals surface area contributed by atoms with Crippen molar-refractivity contribution in [2.75, 3.05) is 0 Å². The number of carboxylic acids is 1. The van der Waals surface area contributed by atoms with Crippen LogP contribution in [0.25, 0.3) is 10.6 Å². The third-order valence-corrected chi connectivity index (χ3v) is 8.46. The van der Waals surface area contributed by atoms with Gasteiger partial charge in [-0.2, -0.15) is 4.72 Å². The lowest BCUT2D eigenvalue weighted by atomic mass is 9.93. The van der Waals surface area contributed by atoms with Gasteiger partial charge in [0, 0.05) is 11.5 Å². The van der Waals surface area contributed by atoms with Crippen molar-refractivity contribution in [3.63, 3.8) is 0 Å². The van der Waals surface area contributed by atoms with Crippen LogP contribution in [0.2, 0.25) is 0 Å². The van der Waals surface area contributed by atoms with E-state index < -0.39 is 39.1 Å². The minimum absolute atomic E-state index is 0.0743. The van der Waals surface area contributed by atoms with Gasteiger partial charge < -0.3 is 9.63 Å². The predicted octanol–water partition coefficient (Wildman–Crippen LogP) is 3.80. The van der Waals surface area contributed by atoms with E-state index in [4.69, 9.17) is 0 Å². The van der Waals surface area contributed by atoms with E-state index in [2.05, 4.69) is 14.4 Å². The lowest BCUT2D eigenvalue weighted by molar-refractivity contribution is -0.140. The summed E-state index contributed by atoms with van der Waals surface area (Å²) in [6.07, 6.45) is -2.74. The first-order valence-electron chi connectivity index (χ1n) is 8.77. The number of aliphatic carboxylic acids is 1. The SMILES string of the molecule is C[C@]1(c2ccccc2)C[C@@]1(NS(=O)(=O)c1ccc(-c2cc(C(F)F)on2)s1)C(=O)O. The molecule has 0 amide bonds. The molecule has 1 aromatic carbocycles. The van der Waals surface area contributed by atoms with Gasteiger partial charge in [0.1, 0.15) is 15.4 Å². The van der Waals surface area contributed by atoms with Crippen molar-refractivity contribution in [3.8, 4) is 10.6 Å². The maximum Gasteiger partial charge on any atom is 0.325 e. The number of hydrogen-bond donors (Lipinski definition) is 2. The van der Waals surface area contributed by atoms with E-state index in [9.17, 15) is 27.1 Å². The number of rotatable bonds is 7. The minimum atomic E-state index is -4.20. The summed E-state index contributed by atoms with van der Waals surface area (Å²) in [5, 5.41) is 13.4. The fraction of sp³-hybridized carbons (Fsp3) is 0.263. The van der Waals surface area contributed by atoms with Gasteiger partial charge in [0.15, 0.2) is 0 Å². The van der Waals surface area contributed by atoms with Crippen LogP contribution in [-0.2, 0) is 20.2 Å².